The Morgan fingerprint density at radius 2 is 1.77 bits per heavy atom. The Morgan fingerprint density at radius 1 is 1.09 bits per heavy atom. The van der Waals surface area contributed by atoms with Gasteiger partial charge in [-0.3, -0.25) is 14.5 Å². The van der Waals surface area contributed by atoms with Crippen LogP contribution < -0.4 is 0 Å². The molecule has 0 radical (unpaired) electrons. The largest absolute Gasteiger partial charge is 0.338 e. The molecule has 1 atom stereocenters. The van der Waals surface area contributed by atoms with Crippen molar-refractivity contribution in [2.45, 2.75) is 64.0 Å². The zero-order valence-electron chi connectivity index (χ0n) is 13.3. The van der Waals surface area contributed by atoms with E-state index < -0.39 is 0 Å². The smallest absolute Gasteiger partial charge is 0.327 e. The van der Waals surface area contributed by atoms with E-state index in [0.29, 0.717) is 0 Å². The number of carbonyl (C=O) groups is 3. The van der Waals surface area contributed by atoms with E-state index in [1.165, 1.54) is 0 Å². The summed E-state index contributed by atoms with van der Waals surface area (Å²) in [5.74, 6) is -0.322. The highest BCUT2D eigenvalue weighted by Gasteiger charge is 2.42. The van der Waals surface area contributed by atoms with Gasteiger partial charge in [0, 0.05) is 18.6 Å². The molecule has 0 spiro atoms. The first-order valence-electron chi connectivity index (χ1n) is 8.48. The minimum absolute atomic E-state index is 0.0920. The fraction of sp³-hybridized carbons (Fsp3) is 0.812. The molecule has 22 heavy (non-hydrogen) atoms. The summed E-state index contributed by atoms with van der Waals surface area (Å²) in [5, 5.41) is 0. The molecule has 0 bridgehead atoms. The van der Waals surface area contributed by atoms with E-state index in [1.54, 1.807) is 4.90 Å². The van der Waals surface area contributed by atoms with Crippen LogP contribution in [-0.2, 0) is 9.59 Å². The molecule has 2 aliphatic heterocycles. The normalized spacial score (nSPS) is 27.1. The van der Waals surface area contributed by atoms with Crippen molar-refractivity contribution in [2.24, 2.45) is 0 Å². The Hall–Kier alpha value is -1.59. The van der Waals surface area contributed by atoms with Crippen LogP contribution in [0.25, 0.3) is 0 Å². The Balaban J connectivity index is 1.63. The number of carbonyl (C=O) groups excluding carboxylic acids is 3. The molecule has 0 N–H and O–H groups in total. The molecule has 0 aromatic rings. The van der Waals surface area contributed by atoms with Gasteiger partial charge in [-0.2, -0.15) is 0 Å². The van der Waals surface area contributed by atoms with E-state index >= 15 is 0 Å². The summed E-state index contributed by atoms with van der Waals surface area (Å²) in [4.78, 5) is 41.7. The van der Waals surface area contributed by atoms with Crippen LogP contribution in [0.3, 0.4) is 0 Å². The molecule has 0 aromatic heterocycles. The lowest BCUT2D eigenvalue weighted by Gasteiger charge is -2.34. The number of rotatable bonds is 3. The van der Waals surface area contributed by atoms with Crippen molar-refractivity contribution >= 4 is 17.8 Å². The van der Waals surface area contributed by atoms with Crippen LogP contribution >= 0.6 is 0 Å². The summed E-state index contributed by atoms with van der Waals surface area (Å²) in [6.45, 7) is 2.83. The lowest BCUT2D eigenvalue weighted by molar-refractivity contribution is -0.138. The van der Waals surface area contributed by atoms with Crippen molar-refractivity contribution in [2.75, 3.05) is 19.6 Å². The van der Waals surface area contributed by atoms with Gasteiger partial charge >= 0.3 is 6.03 Å². The second-order valence-electron chi connectivity index (χ2n) is 6.76. The van der Waals surface area contributed by atoms with Gasteiger partial charge in [0.05, 0.1) is 0 Å². The third-order valence-electron chi connectivity index (χ3n) is 5.27. The predicted molar refractivity (Wildman–Crippen MR) is 81.1 cm³/mol. The fourth-order valence-electron chi connectivity index (χ4n) is 3.91. The highest BCUT2D eigenvalue weighted by atomic mass is 16.2. The van der Waals surface area contributed by atoms with E-state index in [0.717, 1.165) is 56.4 Å². The van der Waals surface area contributed by atoms with Crippen molar-refractivity contribution in [1.82, 2.24) is 14.7 Å². The second kappa shape index (κ2) is 6.26. The van der Waals surface area contributed by atoms with E-state index in [9.17, 15) is 14.4 Å². The van der Waals surface area contributed by atoms with Gasteiger partial charge in [0.15, 0.2) is 0 Å². The quantitative estimate of drug-likeness (QED) is 0.744. The number of hydrogen-bond acceptors (Lipinski definition) is 3. The molecule has 3 fully saturated rings. The molecule has 0 aromatic carbocycles. The van der Waals surface area contributed by atoms with Crippen LogP contribution in [0.1, 0.15) is 51.9 Å². The van der Waals surface area contributed by atoms with Crippen LogP contribution in [0.2, 0.25) is 0 Å². The zero-order chi connectivity index (χ0) is 15.7. The summed E-state index contributed by atoms with van der Waals surface area (Å²) in [6.07, 6.45) is 7.34. The van der Waals surface area contributed by atoms with Crippen LogP contribution in [-0.4, -0.2) is 64.3 Å². The Kier molecular flexibility index (Phi) is 4.36. The highest BCUT2D eigenvalue weighted by molar-refractivity contribution is 6.04. The van der Waals surface area contributed by atoms with Crippen molar-refractivity contribution in [3.05, 3.63) is 0 Å². The zero-order valence-corrected chi connectivity index (χ0v) is 13.3. The number of urea groups is 1. The fourth-order valence-corrected chi connectivity index (χ4v) is 3.91. The molecule has 3 rings (SSSR count). The van der Waals surface area contributed by atoms with Gasteiger partial charge in [0.1, 0.15) is 13.1 Å². The van der Waals surface area contributed by atoms with Gasteiger partial charge in [-0.05, 0) is 39.0 Å². The first-order chi connectivity index (χ1) is 10.6. The molecule has 4 amide bonds. The van der Waals surface area contributed by atoms with Gasteiger partial charge in [-0.15, -0.1) is 0 Å². The summed E-state index contributed by atoms with van der Waals surface area (Å²) < 4.78 is 0. The molecular weight excluding hydrogens is 282 g/mol. The number of hydrogen-bond donors (Lipinski definition) is 0. The van der Waals surface area contributed by atoms with Crippen molar-refractivity contribution in [3.63, 3.8) is 0 Å². The number of nitrogens with zero attached hydrogens (tertiary/aromatic N) is 3. The standard InChI is InChI=1S/C16H25N3O3/c1-12-6-4-5-9-17(12)14(20)11-19-15(21)10-18(16(19)22)13-7-2-3-8-13/h12-13H,2-11H2,1H3. The van der Waals surface area contributed by atoms with Crippen LogP contribution in [0.5, 0.6) is 0 Å². The average Bonchev–Trinajstić information content (AvgIpc) is 3.11. The SMILES string of the molecule is CC1CCCCN1C(=O)CN1C(=O)CN(C2CCCC2)C1=O. The van der Waals surface area contributed by atoms with Crippen LogP contribution in [0.4, 0.5) is 4.79 Å². The van der Waals surface area contributed by atoms with Gasteiger partial charge in [0.25, 0.3) is 5.91 Å². The molecule has 6 nitrogen and oxygen atoms in total. The number of likely N-dealkylation sites (tertiary alicyclic amines) is 1. The number of amides is 4. The average molecular weight is 307 g/mol. The minimum atomic E-state index is -0.269. The van der Waals surface area contributed by atoms with Gasteiger partial charge in [0.2, 0.25) is 5.91 Å². The third-order valence-corrected chi connectivity index (χ3v) is 5.27. The van der Waals surface area contributed by atoms with Crippen molar-refractivity contribution in [3.8, 4) is 0 Å². The highest BCUT2D eigenvalue weighted by Crippen LogP contribution is 2.27. The second-order valence-corrected chi connectivity index (χ2v) is 6.76. The lowest BCUT2D eigenvalue weighted by Crippen LogP contribution is -2.48. The van der Waals surface area contributed by atoms with Gasteiger partial charge in [-0.1, -0.05) is 12.8 Å². The topological polar surface area (TPSA) is 60.9 Å². The van der Waals surface area contributed by atoms with E-state index in [2.05, 4.69) is 0 Å². The van der Waals surface area contributed by atoms with Gasteiger partial charge < -0.3 is 9.80 Å². The maximum atomic E-state index is 12.5. The summed E-state index contributed by atoms with van der Waals surface area (Å²) in [6, 6.07) is 0.125. The molecule has 1 unspecified atom stereocenters. The molecule has 122 valence electrons. The molecule has 1 saturated carbocycles. The Bertz CT molecular complexity index is 473. The Morgan fingerprint density at radius 3 is 2.45 bits per heavy atom. The maximum Gasteiger partial charge on any atom is 0.327 e. The van der Waals surface area contributed by atoms with E-state index in [4.69, 9.17) is 0 Å². The number of piperidine rings is 1. The Labute approximate surface area is 131 Å². The van der Waals surface area contributed by atoms with E-state index in [-0.39, 0.29) is 43.0 Å². The molecule has 6 heteroatoms. The summed E-state index contributed by atoms with van der Waals surface area (Å²) in [7, 11) is 0. The molecule has 3 aliphatic rings. The first-order valence-corrected chi connectivity index (χ1v) is 8.48. The van der Waals surface area contributed by atoms with Crippen molar-refractivity contribution < 1.29 is 14.4 Å². The monoisotopic (exact) mass is 307 g/mol. The van der Waals surface area contributed by atoms with E-state index in [1.807, 2.05) is 11.8 Å². The molecule has 2 heterocycles. The lowest BCUT2D eigenvalue weighted by atomic mass is 10.0. The van der Waals surface area contributed by atoms with Crippen LogP contribution in [0.15, 0.2) is 0 Å². The minimum Gasteiger partial charge on any atom is -0.338 e. The summed E-state index contributed by atoms with van der Waals surface area (Å²) in [5.41, 5.74) is 0. The van der Waals surface area contributed by atoms with Crippen LogP contribution in [0, 0.1) is 0 Å². The van der Waals surface area contributed by atoms with Gasteiger partial charge in [-0.25, -0.2) is 4.79 Å². The summed E-state index contributed by atoms with van der Waals surface area (Å²) >= 11 is 0. The molecule has 1 aliphatic carbocycles. The maximum absolute atomic E-state index is 12.5. The predicted octanol–water partition coefficient (Wildman–Crippen LogP) is 1.59. The first kappa shape index (κ1) is 15.3. The number of imide groups is 1. The third kappa shape index (κ3) is 2.83. The molecular formula is C16H25N3O3. The molecule has 2 saturated heterocycles. The van der Waals surface area contributed by atoms with Crippen molar-refractivity contribution in [1.29, 1.82) is 0 Å².